The van der Waals surface area contributed by atoms with E-state index >= 15 is 0 Å². The third-order valence-electron chi connectivity index (χ3n) is 3.09. The SMILES string of the molecule is COCC(C)N(C)S(=O)(=O)c1cccc(C(C)N)c1. The van der Waals surface area contributed by atoms with Crippen LogP contribution in [-0.4, -0.2) is 39.5 Å². The molecule has 19 heavy (non-hydrogen) atoms. The Balaban J connectivity index is 3.09. The number of likely N-dealkylation sites (N-methyl/N-ethyl adjacent to an activating group) is 1. The van der Waals surface area contributed by atoms with Gasteiger partial charge in [-0.25, -0.2) is 8.42 Å². The average molecular weight is 286 g/mol. The van der Waals surface area contributed by atoms with Gasteiger partial charge in [-0.3, -0.25) is 0 Å². The predicted octanol–water partition coefficient (Wildman–Crippen LogP) is 1.36. The molecular formula is C13H22N2O3S. The molecule has 0 amide bonds. The van der Waals surface area contributed by atoms with Gasteiger partial charge in [0.15, 0.2) is 0 Å². The first-order chi connectivity index (χ1) is 8.80. The lowest BCUT2D eigenvalue weighted by molar-refractivity contribution is 0.149. The fourth-order valence-corrected chi connectivity index (χ4v) is 3.11. The summed E-state index contributed by atoms with van der Waals surface area (Å²) in [5.74, 6) is 0. The van der Waals surface area contributed by atoms with Crippen LogP contribution >= 0.6 is 0 Å². The largest absolute Gasteiger partial charge is 0.383 e. The van der Waals surface area contributed by atoms with Crippen molar-refractivity contribution in [2.75, 3.05) is 20.8 Å². The van der Waals surface area contributed by atoms with Crippen molar-refractivity contribution in [3.05, 3.63) is 29.8 Å². The summed E-state index contributed by atoms with van der Waals surface area (Å²) in [7, 11) is -0.416. The van der Waals surface area contributed by atoms with Crippen LogP contribution in [0.25, 0.3) is 0 Å². The van der Waals surface area contributed by atoms with Crippen LogP contribution in [-0.2, 0) is 14.8 Å². The molecule has 0 aliphatic carbocycles. The third kappa shape index (κ3) is 3.76. The van der Waals surface area contributed by atoms with Crippen molar-refractivity contribution < 1.29 is 13.2 Å². The molecule has 0 spiro atoms. The molecule has 0 radical (unpaired) electrons. The number of sulfonamides is 1. The number of methoxy groups -OCH3 is 1. The summed E-state index contributed by atoms with van der Waals surface area (Å²) in [4.78, 5) is 0.257. The second-order valence-electron chi connectivity index (χ2n) is 4.69. The van der Waals surface area contributed by atoms with Crippen LogP contribution in [0.4, 0.5) is 0 Å². The Hall–Kier alpha value is -0.950. The molecule has 0 heterocycles. The highest BCUT2D eigenvalue weighted by molar-refractivity contribution is 7.89. The minimum absolute atomic E-state index is 0.197. The minimum atomic E-state index is -3.52. The fraction of sp³-hybridized carbons (Fsp3) is 0.538. The Morgan fingerprint density at radius 3 is 2.53 bits per heavy atom. The van der Waals surface area contributed by atoms with Crippen molar-refractivity contribution in [1.29, 1.82) is 0 Å². The van der Waals surface area contributed by atoms with Gasteiger partial charge in [-0.15, -0.1) is 0 Å². The molecule has 0 fully saturated rings. The molecule has 2 N–H and O–H groups in total. The smallest absolute Gasteiger partial charge is 0.243 e. The van der Waals surface area contributed by atoms with E-state index < -0.39 is 10.0 Å². The van der Waals surface area contributed by atoms with Crippen molar-refractivity contribution in [2.45, 2.75) is 30.8 Å². The van der Waals surface area contributed by atoms with Crippen LogP contribution in [0.1, 0.15) is 25.5 Å². The predicted molar refractivity (Wildman–Crippen MR) is 75.3 cm³/mol. The van der Waals surface area contributed by atoms with Crippen LogP contribution in [0.5, 0.6) is 0 Å². The zero-order valence-corrected chi connectivity index (χ0v) is 12.6. The Kier molecular flexibility index (Phi) is 5.49. The highest BCUT2D eigenvalue weighted by atomic mass is 32.2. The number of benzene rings is 1. The number of hydrogen-bond acceptors (Lipinski definition) is 4. The third-order valence-corrected chi connectivity index (χ3v) is 5.06. The summed E-state index contributed by atoms with van der Waals surface area (Å²) in [6.07, 6.45) is 0. The summed E-state index contributed by atoms with van der Waals surface area (Å²) < 4.78 is 31.2. The normalized spacial score (nSPS) is 15.5. The van der Waals surface area contributed by atoms with E-state index in [4.69, 9.17) is 10.5 Å². The molecule has 6 heteroatoms. The van der Waals surface area contributed by atoms with Gasteiger partial charge in [-0.2, -0.15) is 4.31 Å². The van der Waals surface area contributed by atoms with E-state index in [1.807, 2.05) is 13.0 Å². The van der Waals surface area contributed by atoms with E-state index in [2.05, 4.69) is 0 Å². The van der Waals surface area contributed by atoms with Gasteiger partial charge in [0, 0.05) is 26.2 Å². The second-order valence-corrected chi connectivity index (χ2v) is 6.68. The molecule has 0 bridgehead atoms. The molecule has 1 aromatic carbocycles. The van der Waals surface area contributed by atoms with Crippen molar-refractivity contribution >= 4 is 10.0 Å². The standard InChI is InChI=1S/C13H22N2O3S/c1-10(9-18-4)15(3)19(16,17)13-7-5-6-12(8-13)11(2)14/h5-8,10-11H,9,14H2,1-4H3. The molecule has 0 aliphatic rings. The lowest BCUT2D eigenvalue weighted by atomic mass is 10.1. The van der Waals surface area contributed by atoms with E-state index in [1.54, 1.807) is 39.3 Å². The first-order valence-corrected chi connectivity index (χ1v) is 7.57. The molecular weight excluding hydrogens is 264 g/mol. The highest BCUT2D eigenvalue weighted by Gasteiger charge is 2.25. The van der Waals surface area contributed by atoms with Crippen LogP contribution in [0, 0.1) is 0 Å². The Labute approximate surface area is 115 Å². The maximum Gasteiger partial charge on any atom is 0.243 e. The summed E-state index contributed by atoms with van der Waals surface area (Å²) in [5, 5.41) is 0. The van der Waals surface area contributed by atoms with E-state index in [0.717, 1.165) is 5.56 Å². The van der Waals surface area contributed by atoms with Gasteiger partial charge < -0.3 is 10.5 Å². The number of hydrogen-bond donors (Lipinski definition) is 1. The number of nitrogens with two attached hydrogens (primary N) is 1. The second kappa shape index (κ2) is 6.47. The lowest BCUT2D eigenvalue weighted by Crippen LogP contribution is -2.37. The highest BCUT2D eigenvalue weighted by Crippen LogP contribution is 2.20. The van der Waals surface area contributed by atoms with Crippen molar-refractivity contribution in [3.8, 4) is 0 Å². The topological polar surface area (TPSA) is 72.6 Å². The van der Waals surface area contributed by atoms with Crippen molar-refractivity contribution in [1.82, 2.24) is 4.31 Å². The van der Waals surface area contributed by atoms with Gasteiger partial charge in [0.05, 0.1) is 11.5 Å². The Morgan fingerprint density at radius 1 is 1.37 bits per heavy atom. The van der Waals surface area contributed by atoms with Gasteiger partial charge in [0.1, 0.15) is 0 Å². The molecule has 1 aromatic rings. The molecule has 2 atom stereocenters. The molecule has 0 aromatic heterocycles. The van der Waals surface area contributed by atoms with E-state index in [0.29, 0.717) is 6.61 Å². The number of nitrogens with zero attached hydrogens (tertiary/aromatic N) is 1. The maximum atomic E-state index is 12.5. The zero-order chi connectivity index (χ0) is 14.6. The van der Waals surface area contributed by atoms with Crippen LogP contribution in [0.15, 0.2) is 29.2 Å². The van der Waals surface area contributed by atoms with Gasteiger partial charge in [0.25, 0.3) is 0 Å². The maximum absolute atomic E-state index is 12.5. The fourth-order valence-electron chi connectivity index (χ4n) is 1.71. The van der Waals surface area contributed by atoms with Gasteiger partial charge in [0.2, 0.25) is 10.0 Å². The monoisotopic (exact) mass is 286 g/mol. The lowest BCUT2D eigenvalue weighted by Gasteiger charge is -2.24. The van der Waals surface area contributed by atoms with Crippen molar-refractivity contribution in [2.24, 2.45) is 5.73 Å². The first-order valence-electron chi connectivity index (χ1n) is 6.13. The molecule has 1 rings (SSSR count). The van der Waals surface area contributed by atoms with Gasteiger partial charge >= 0.3 is 0 Å². The summed E-state index contributed by atoms with van der Waals surface area (Å²) in [6, 6.07) is 6.31. The van der Waals surface area contributed by atoms with Crippen LogP contribution in [0.2, 0.25) is 0 Å². The van der Waals surface area contributed by atoms with Crippen LogP contribution in [0.3, 0.4) is 0 Å². The summed E-state index contributed by atoms with van der Waals surface area (Å²) >= 11 is 0. The van der Waals surface area contributed by atoms with Gasteiger partial charge in [-0.1, -0.05) is 12.1 Å². The molecule has 5 nitrogen and oxygen atoms in total. The summed E-state index contributed by atoms with van der Waals surface area (Å²) in [6.45, 7) is 3.97. The molecule has 108 valence electrons. The first kappa shape index (κ1) is 16.1. The zero-order valence-electron chi connectivity index (χ0n) is 11.8. The molecule has 0 saturated carbocycles. The van der Waals surface area contributed by atoms with E-state index in [9.17, 15) is 8.42 Å². The molecule has 2 unspecified atom stereocenters. The average Bonchev–Trinajstić information content (AvgIpc) is 2.38. The Morgan fingerprint density at radius 2 is 2.00 bits per heavy atom. The molecule has 0 aliphatic heterocycles. The summed E-state index contributed by atoms with van der Waals surface area (Å²) in [5.41, 5.74) is 6.58. The van der Waals surface area contributed by atoms with Gasteiger partial charge in [-0.05, 0) is 31.5 Å². The van der Waals surface area contributed by atoms with Crippen molar-refractivity contribution in [3.63, 3.8) is 0 Å². The molecule has 0 saturated heterocycles. The van der Waals surface area contributed by atoms with E-state index in [1.165, 1.54) is 4.31 Å². The minimum Gasteiger partial charge on any atom is -0.383 e. The number of ether oxygens (including phenoxy) is 1. The van der Waals surface area contributed by atoms with Crippen LogP contribution < -0.4 is 5.73 Å². The van der Waals surface area contributed by atoms with E-state index in [-0.39, 0.29) is 17.0 Å². The number of rotatable bonds is 6. The Bertz CT molecular complexity index is 514. The quantitative estimate of drug-likeness (QED) is 0.857.